The van der Waals surface area contributed by atoms with Crippen LogP contribution in [0.25, 0.3) is 33.4 Å². The zero-order chi connectivity index (χ0) is 51.5. The molecule has 0 aromatic heterocycles. The first-order chi connectivity index (χ1) is 35.0. The van der Waals surface area contributed by atoms with Gasteiger partial charge in [-0.3, -0.25) is 0 Å². The van der Waals surface area contributed by atoms with Crippen LogP contribution in [-0.2, 0) is 16.2 Å². The van der Waals surface area contributed by atoms with E-state index in [0.717, 1.165) is 154 Å². The standard InChI is InChI=1S/C63H93B3O6/c1-7-13-19-25-37-61(38-26-20-14-8-2)52-43-46(64(67)68)31-34-49(52)55-58(61)56-50-35-32-47(65(69)70)44-53(50)62(39-27-21-15-9-3,40-28-22-16-10-4)60(56)57-51-36-33-48(66(71)72)45-54(51)63(59(55)57,41-29-23-17-11-5)42-30-24-18-12-6/h31-36,43-45,67-72H,7-30,37-42H2,1-6H3. The van der Waals surface area contributed by atoms with E-state index in [1.807, 2.05) is 18.2 Å². The summed E-state index contributed by atoms with van der Waals surface area (Å²) in [5.41, 5.74) is 16.2. The minimum absolute atomic E-state index is 0.416. The van der Waals surface area contributed by atoms with Crippen molar-refractivity contribution in [3.05, 3.63) is 88.0 Å². The number of hydrogen-bond donors (Lipinski definition) is 6. The predicted molar refractivity (Wildman–Crippen MR) is 307 cm³/mol. The quantitative estimate of drug-likeness (QED) is 0.0209. The van der Waals surface area contributed by atoms with Crippen molar-refractivity contribution in [3.63, 3.8) is 0 Å². The first-order valence-electron chi connectivity index (χ1n) is 29.7. The fourth-order valence-corrected chi connectivity index (χ4v) is 14.5. The molecule has 0 spiro atoms. The van der Waals surface area contributed by atoms with Gasteiger partial charge >= 0.3 is 21.4 Å². The van der Waals surface area contributed by atoms with E-state index in [-0.39, 0.29) is 0 Å². The summed E-state index contributed by atoms with van der Waals surface area (Å²) in [6.07, 6.45) is 32.9. The van der Waals surface area contributed by atoms with Crippen molar-refractivity contribution < 1.29 is 30.1 Å². The van der Waals surface area contributed by atoms with Crippen molar-refractivity contribution >= 4 is 37.7 Å². The molecule has 0 saturated heterocycles. The Labute approximate surface area is 437 Å². The van der Waals surface area contributed by atoms with Crippen LogP contribution in [0.15, 0.2) is 54.6 Å². The van der Waals surface area contributed by atoms with E-state index in [4.69, 9.17) is 0 Å². The molecule has 6 N–H and O–H groups in total. The molecule has 0 fully saturated rings. The van der Waals surface area contributed by atoms with Gasteiger partial charge in [0.15, 0.2) is 0 Å². The third-order valence-electron chi connectivity index (χ3n) is 18.1. The van der Waals surface area contributed by atoms with Gasteiger partial charge in [-0.05, 0) is 122 Å². The van der Waals surface area contributed by atoms with Crippen LogP contribution in [0.2, 0.25) is 0 Å². The fraction of sp³-hybridized carbons (Fsp3) is 0.619. The number of fused-ring (bicyclic) bond motifs is 12. The lowest BCUT2D eigenvalue weighted by Gasteiger charge is -2.40. The zero-order valence-electron chi connectivity index (χ0n) is 45.8. The predicted octanol–water partition coefficient (Wildman–Crippen LogP) is 13.3. The van der Waals surface area contributed by atoms with Crippen LogP contribution in [0.3, 0.4) is 0 Å². The molecule has 9 heteroatoms. The van der Waals surface area contributed by atoms with Crippen LogP contribution in [0.1, 0.15) is 268 Å². The summed E-state index contributed by atoms with van der Waals surface area (Å²) in [7, 11) is -4.79. The van der Waals surface area contributed by atoms with Gasteiger partial charge in [0.05, 0.1) is 0 Å². The maximum atomic E-state index is 11.1. The Kier molecular flexibility index (Phi) is 20.5. The monoisotopic (exact) mass is 979 g/mol. The molecule has 3 aliphatic carbocycles. The lowest BCUT2D eigenvalue weighted by Crippen LogP contribution is -2.34. The summed E-state index contributed by atoms with van der Waals surface area (Å²) in [4.78, 5) is 0. The van der Waals surface area contributed by atoms with Crippen LogP contribution in [0.5, 0.6) is 0 Å². The molecule has 0 unspecified atom stereocenters. The zero-order valence-corrected chi connectivity index (χ0v) is 45.8. The second-order valence-electron chi connectivity index (χ2n) is 22.9. The van der Waals surface area contributed by atoms with Crippen LogP contribution < -0.4 is 16.4 Å². The average Bonchev–Trinajstić information content (AvgIpc) is 3.93. The lowest BCUT2D eigenvalue weighted by molar-refractivity contribution is 0.389. The van der Waals surface area contributed by atoms with Gasteiger partial charge in [-0.25, -0.2) is 0 Å². The Morgan fingerprint density at radius 1 is 0.292 bits per heavy atom. The first-order valence-corrected chi connectivity index (χ1v) is 29.7. The lowest BCUT2D eigenvalue weighted by atomic mass is 9.63. The highest BCUT2D eigenvalue weighted by atomic mass is 16.4. The van der Waals surface area contributed by atoms with E-state index in [1.54, 1.807) is 0 Å². The van der Waals surface area contributed by atoms with Gasteiger partial charge in [-0.15, -0.1) is 0 Å². The highest BCUT2D eigenvalue weighted by Gasteiger charge is 2.58. The van der Waals surface area contributed by atoms with Gasteiger partial charge in [-0.2, -0.15) is 0 Å². The van der Waals surface area contributed by atoms with E-state index >= 15 is 0 Å². The van der Waals surface area contributed by atoms with Gasteiger partial charge in [0.2, 0.25) is 0 Å². The molecule has 72 heavy (non-hydrogen) atoms. The van der Waals surface area contributed by atoms with Gasteiger partial charge < -0.3 is 30.1 Å². The summed E-state index contributed by atoms with van der Waals surface area (Å²) in [5, 5.41) is 66.5. The van der Waals surface area contributed by atoms with Crippen LogP contribution in [0.4, 0.5) is 0 Å². The molecule has 4 aromatic carbocycles. The molecule has 0 radical (unpaired) electrons. The molecular weight excluding hydrogens is 885 g/mol. The van der Waals surface area contributed by atoms with Crippen LogP contribution in [0, 0.1) is 0 Å². The Hall–Kier alpha value is -3.17. The normalized spacial score (nSPS) is 15.0. The first kappa shape index (κ1) is 56.6. The minimum Gasteiger partial charge on any atom is -0.423 e. The molecule has 0 saturated carbocycles. The molecule has 4 aromatic rings. The molecular formula is C63H93B3O6. The summed E-state index contributed by atoms with van der Waals surface area (Å²) < 4.78 is 0. The number of hydrogen-bond acceptors (Lipinski definition) is 6. The smallest absolute Gasteiger partial charge is 0.423 e. The molecule has 0 bridgehead atoms. The Balaban J connectivity index is 1.75. The fourth-order valence-electron chi connectivity index (χ4n) is 14.5. The second kappa shape index (κ2) is 26.1. The van der Waals surface area contributed by atoms with Crippen molar-refractivity contribution in [2.75, 3.05) is 0 Å². The van der Waals surface area contributed by atoms with E-state index in [0.29, 0.717) is 16.4 Å². The minimum atomic E-state index is -1.60. The maximum Gasteiger partial charge on any atom is 0.488 e. The molecule has 3 aliphatic rings. The van der Waals surface area contributed by atoms with Crippen molar-refractivity contribution in [2.45, 2.75) is 250 Å². The molecule has 7 rings (SSSR count). The number of rotatable bonds is 33. The van der Waals surface area contributed by atoms with E-state index in [9.17, 15) is 30.1 Å². The number of unbranched alkanes of at least 4 members (excludes halogenated alkanes) is 18. The topological polar surface area (TPSA) is 121 Å². The maximum absolute atomic E-state index is 11.1. The molecule has 6 nitrogen and oxygen atoms in total. The summed E-state index contributed by atoms with van der Waals surface area (Å²) in [6, 6.07) is 19.2. The third-order valence-corrected chi connectivity index (χ3v) is 18.1. The largest absolute Gasteiger partial charge is 0.488 e. The highest BCUT2D eigenvalue weighted by Crippen LogP contribution is 2.71. The van der Waals surface area contributed by atoms with Gasteiger partial charge in [0, 0.05) is 16.2 Å². The molecule has 0 heterocycles. The van der Waals surface area contributed by atoms with Crippen LogP contribution >= 0.6 is 0 Å². The van der Waals surface area contributed by atoms with Crippen molar-refractivity contribution in [1.82, 2.24) is 0 Å². The van der Waals surface area contributed by atoms with Gasteiger partial charge in [0.25, 0.3) is 0 Å². The molecule has 390 valence electrons. The van der Waals surface area contributed by atoms with Gasteiger partial charge in [-0.1, -0.05) is 250 Å². The van der Waals surface area contributed by atoms with Crippen LogP contribution in [-0.4, -0.2) is 51.5 Å². The molecule has 0 aliphatic heterocycles. The number of benzene rings is 4. The second-order valence-corrected chi connectivity index (χ2v) is 22.9. The summed E-state index contributed by atoms with van der Waals surface area (Å²) in [5.74, 6) is 0. The Bertz CT molecular complexity index is 2070. The van der Waals surface area contributed by atoms with E-state index in [1.165, 1.54) is 105 Å². The average molecular weight is 979 g/mol. The Morgan fingerprint density at radius 3 is 0.681 bits per heavy atom. The van der Waals surface area contributed by atoms with E-state index in [2.05, 4.69) is 77.9 Å². The molecule has 0 amide bonds. The van der Waals surface area contributed by atoms with Gasteiger partial charge in [0.1, 0.15) is 0 Å². The third kappa shape index (κ3) is 11.1. The SMILES string of the molecule is CCCCCCC1(CCCCCC)c2cc(B(O)O)ccc2-c2c1c1c(c3c2C(CCCCCC)(CCCCCC)c2cc(B(O)O)ccc2-3)C(CCCCCC)(CCCCCC)c2cc(B(O)O)ccc2-1. The van der Waals surface area contributed by atoms with Crippen molar-refractivity contribution in [1.29, 1.82) is 0 Å². The van der Waals surface area contributed by atoms with Crippen molar-refractivity contribution in [2.24, 2.45) is 0 Å². The van der Waals surface area contributed by atoms with E-state index < -0.39 is 37.6 Å². The summed E-state index contributed by atoms with van der Waals surface area (Å²) >= 11 is 0. The molecule has 0 atom stereocenters. The summed E-state index contributed by atoms with van der Waals surface area (Å²) in [6.45, 7) is 13.8. The highest BCUT2D eigenvalue weighted by molar-refractivity contribution is 6.59. The Morgan fingerprint density at radius 2 is 0.500 bits per heavy atom. The van der Waals surface area contributed by atoms with Crippen molar-refractivity contribution in [3.8, 4) is 33.4 Å².